The van der Waals surface area contributed by atoms with Crippen LogP contribution >= 0.6 is 0 Å². The number of aromatic nitrogens is 2. The Hall–Kier alpha value is -1.85. The standard InChI is InChI=1S/C6H5N3O3/c7-5-4-2(8-9-5)1-3(10)12-6(4)11/h1H2,(H3,7,8,9). The van der Waals surface area contributed by atoms with E-state index < -0.39 is 11.9 Å². The molecule has 62 valence electrons. The minimum Gasteiger partial charge on any atom is -0.389 e. The molecule has 2 heterocycles. The number of nitrogens with one attached hydrogen (secondary N) is 1. The van der Waals surface area contributed by atoms with Crippen molar-refractivity contribution in [1.29, 1.82) is 0 Å². The number of rotatable bonds is 0. The third-order valence-electron chi connectivity index (χ3n) is 1.60. The second-order valence-corrected chi connectivity index (χ2v) is 2.40. The molecule has 0 bridgehead atoms. The van der Waals surface area contributed by atoms with Gasteiger partial charge in [0.1, 0.15) is 5.56 Å². The fourth-order valence-corrected chi connectivity index (χ4v) is 1.08. The first-order chi connectivity index (χ1) is 5.68. The zero-order valence-corrected chi connectivity index (χ0v) is 5.96. The van der Waals surface area contributed by atoms with Gasteiger partial charge in [0.25, 0.3) is 0 Å². The van der Waals surface area contributed by atoms with Gasteiger partial charge >= 0.3 is 11.9 Å². The number of hydrogen-bond donors (Lipinski definition) is 2. The number of aromatic amines is 1. The molecule has 0 fully saturated rings. The van der Waals surface area contributed by atoms with E-state index in [0.29, 0.717) is 5.69 Å². The molecule has 3 N–H and O–H groups in total. The van der Waals surface area contributed by atoms with Gasteiger partial charge in [-0.25, -0.2) is 4.79 Å². The Kier molecular flexibility index (Phi) is 1.18. The van der Waals surface area contributed by atoms with Crippen molar-refractivity contribution >= 4 is 17.8 Å². The molecule has 0 unspecified atom stereocenters. The van der Waals surface area contributed by atoms with Gasteiger partial charge in [0.15, 0.2) is 5.82 Å². The van der Waals surface area contributed by atoms with Crippen LogP contribution in [0.1, 0.15) is 16.1 Å². The smallest absolute Gasteiger partial charge is 0.351 e. The van der Waals surface area contributed by atoms with Gasteiger partial charge in [0, 0.05) is 0 Å². The monoisotopic (exact) mass is 167 g/mol. The van der Waals surface area contributed by atoms with Gasteiger partial charge in [-0.05, 0) is 0 Å². The quantitative estimate of drug-likeness (QED) is 0.390. The Morgan fingerprint density at radius 1 is 1.50 bits per heavy atom. The van der Waals surface area contributed by atoms with E-state index in [4.69, 9.17) is 5.73 Å². The van der Waals surface area contributed by atoms with Crippen LogP contribution in [0.5, 0.6) is 0 Å². The van der Waals surface area contributed by atoms with Crippen molar-refractivity contribution in [2.75, 3.05) is 5.73 Å². The molecule has 0 aromatic carbocycles. The largest absolute Gasteiger partial charge is 0.389 e. The Morgan fingerprint density at radius 3 is 3.00 bits per heavy atom. The SMILES string of the molecule is Nc1n[nH]c2c1C(=O)OC(=O)C2. The van der Waals surface area contributed by atoms with E-state index in [9.17, 15) is 9.59 Å². The van der Waals surface area contributed by atoms with E-state index in [-0.39, 0.29) is 17.8 Å². The molecule has 0 spiro atoms. The number of H-pyrrole nitrogens is 1. The van der Waals surface area contributed by atoms with Crippen LogP contribution in [-0.2, 0) is 16.0 Å². The summed E-state index contributed by atoms with van der Waals surface area (Å²) in [4.78, 5) is 21.7. The zero-order valence-electron chi connectivity index (χ0n) is 5.96. The molecule has 0 atom stereocenters. The fourth-order valence-electron chi connectivity index (χ4n) is 1.08. The Bertz CT molecular complexity index is 368. The summed E-state index contributed by atoms with van der Waals surface area (Å²) in [5, 5.41) is 6.07. The van der Waals surface area contributed by atoms with Crippen LogP contribution in [0.15, 0.2) is 0 Å². The first-order valence-electron chi connectivity index (χ1n) is 3.26. The maximum absolute atomic E-state index is 11.0. The van der Waals surface area contributed by atoms with Gasteiger partial charge in [-0.3, -0.25) is 9.89 Å². The highest BCUT2D eigenvalue weighted by atomic mass is 16.6. The molecule has 6 nitrogen and oxygen atoms in total. The number of hydrogen-bond acceptors (Lipinski definition) is 5. The normalized spacial score (nSPS) is 15.7. The number of esters is 2. The summed E-state index contributed by atoms with van der Waals surface area (Å²) in [6, 6.07) is 0. The Morgan fingerprint density at radius 2 is 2.25 bits per heavy atom. The number of carbonyl (C=O) groups is 2. The minimum atomic E-state index is -0.729. The summed E-state index contributed by atoms with van der Waals surface area (Å²) in [7, 11) is 0. The van der Waals surface area contributed by atoms with E-state index in [1.165, 1.54) is 0 Å². The molecule has 0 saturated heterocycles. The molecule has 0 amide bonds. The van der Waals surface area contributed by atoms with Gasteiger partial charge in [-0.1, -0.05) is 0 Å². The van der Waals surface area contributed by atoms with Crippen LogP contribution in [-0.4, -0.2) is 22.1 Å². The number of ether oxygens (including phenoxy) is 1. The summed E-state index contributed by atoms with van der Waals surface area (Å²) < 4.78 is 4.33. The molecule has 0 saturated carbocycles. The number of fused-ring (bicyclic) bond motifs is 1. The lowest BCUT2D eigenvalue weighted by Crippen LogP contribution is -2.22. The first kappa shape index (κ1) is 6.84. The van der Waals surface area contributed by atoms with E-state index in [2.05, 4.69) is 14.9 Å². The number of cyclic esters (lactones) is 2. The highest BCUT2D eigenvalue weighted by molar-refractivity contribution is 6.04. The summed E-state index contributed by atoms with van der Waals surface area (Å²) >= 11 is 0. The molecule has 6 heteroatoms. The van der Waals surface area contributed by atoms with E-state index >= 15 is 0 Å². The van der Waals surface area contributed by atoms with Crippen LogP contribution < -0.4 is 5.73 Å². The molecule has 1 aromatic rings. The highest BCUT2D eigenvalue weighted by Gasteiger charge is 2.29. The highest BCUT2D eigenvalue weighted by Crippen LogP contribution is 2.19. The van der Waals surface area contributed by atoms with Crippen molar-refractivity contribution in [3.8, 4) is 0 Å². The van der Waals surface area contributed by atoms with Gasteiger partial charge < -0.3 is 10.5 Å². The van der Waals surface area contributed by atoms with E-state index in [0.717, 1.165) is 0 Å². The average molecular weight is 167 g/mol. The number of nitrogens with zero attached hydrogens (tertiary/aromatic N) is 1. The Balaban J connectivity index is 2.57. The van der Waals surface area contributed by atoms with Crippen molar-refractivity contribution < 1.29 is 14.3 Å². The van der Waals surface area contributed by atoms with Crippen molar-refractivity contribution in [3.05, 3.63) is 11.3 Å². The van der Waals surface area contributed by atoms with Gasteiger partial charge in [-0.15, -0.1) is 0 Å². The number of carbonyl (C=O) groups excluding carboxylic acids is 2. The second-order valence-electron chi connectivity index (χ2n) is 2.40. The lowest BCUT2D eigenvalue weighted by atomic mass is 10.1. The third-order valence-corrected chi connectivity index (χ3v) is 1.60. The second kappa shape index (κ2) is 2.07. The van der Waals surface area contributed by atoms with Gasteiger partial charge in [-0.2, -0.15) is 5.10 Å². The lowest BCUT2D eigenvalue weighted by Gasteiger charge is -2.08. The molecule has 1 aromatic heterocycles. The van der Waals surface area contributed by atoms with E-state index in [1.807, 2.05) is 0 Å². The molecule has 2 rings (SSSR count). The molecular formula is C6H5N3O3. The number of anilines is 1. The van der Waals surface area contributed by atoms with Crippen molar-refractivity contribution in [2.45, 2.75) is 6.42 Å². The van der Waals surface area contributed by atoms with E-state index in [1.54, 1.807) is 0 Å². The van der Waals surface area contributed by atoms with Crippen LogP contribution in [0.4, 0.5) is 5.82 Å². The summed E-state index contributed by atoms with van der Waals surface area (Å²) in [6.45, 7) is 0. The van der Waals surface area contributed by atoms with Gasteiger partial charge in [0.05, 0.1) is 12.1 Å². The first-order valence-corrected chi connectivity index (χ1v) is 3.26. The molecule has 0 radical (unpaired) electrons. The van der Waals surface area contributed by atoms with Crippen molar-refractivity contribution in [3.63, 3.8) is 0 Å². The zero-order chi connectivity index (χ0) is 8.72. The average Bonchev–Trinajstić information content (AvgIpc) is 2.31. The summed E-state index contributed by atoms with van der Waals surface area (Å²) in [6.07, 6.45) is 0.0191. The molecule has 12 heavy (non-hydrogen) atoms. The molecular weight excluding hydrogens is 162 g/mol. The molecule has 1 aliphatic heterocycles. The molecule has 0 aliphatic carbocycles. The van der Waals surface area contributed by atoms with Crippen LogP contribution in [0, 0.1) is 0 Å². The fraction of sp³-hybridized carbons (Fsp3) is 0.167. The van der Waals surface area contributed by atoms with Gasteiger partial charge in [0.2, 0.25) is 0 Å². The topological polar surface area (TPSA) is 98.1 Å². The van der Waals surface area contributed by atoms with Crippen LogP contribution in [0.2, 0.25) is 0 Å². The predicted molar refractivity (Wildman–Crippen MR) is 37.1 cm³/mol. The Labute approximate surface area is 66.7 Å². The maximum Gasteiger partial charge on any atom is 0.351 e. The minimum absolute atomic E-state index is 0.0191. The predicted octanol–water partition coefficient (Wildman–Crippen LogP) is -0.769. The molecule has 1 aliphatic rings. The third kappa shape index (κ3) is 0.777. The summed E-state index contributed by atoms with van der Waals surface area (Å²) in [5.41, 5.74) is 5.94. The van der Waals surface area contributed by atoms with Crippen molar-refractivity contribution in [1.82, 2.24) is 10.2 Å². The number of nitrogens with two attached hydrogens (primary N) is 1. The van der Waals surface area contributed by atoms with Crippen LogP contribution in [0.25, 0.3) is 0 Å². The maximum atomic E-state index is 11.0. The summed E-state index contributed by atoms with van der Waals surface area (Å²) in [5.74, 6) is -1.24. The van der Waals surface area contributed by atoms with Crippen LogP contribution in [0.3, 0.4) is 0 Å². The number of nitrogen functional groups attached to an aromatic ring is 1. The lowest BCUT2D eigenvalue weighted by molar-refractivity contribution is -0.137. The van der Waals surface area contributed by atoms with Crippen molar-refractivity contribution in [2.24, 2.45) is 0 Å².